The minimum Gasteiger partial charge on any atom is -0.448 e. The van der Waals surface area contributed by atoms with Crippen molar-refractivity contribution in [3.05, 3.63) is 23.1 Å². The number of rotatable bonds is 3. The second-order valence-electron chi connectivity index (χ2n) is 4.01. The smallest absolute Gasteiger partial charge is 0.315 e. The van der Waals surface area contributed by atoms with Crippen molar-refractivity contribution < 1.29 is 9.21 Å². The van der Waals surface area contributed by atoms with Crippen molar-refractivity contribution in [3.8, 4) is 0 Å². The summed E-state index contributed by atoms with van der Waals surface area (Å²) in [5.41, 5.74) is 0. The molecule has 0 radical (unpaired) electrons. The highest BCUT2D eigenvalue weighted by molar-refractivity contribution is 6.28. The quantitative estimate of drug-likeness (QED) is 0.856. The second kappa shape index (κ2) is 5.25. The molecule has 5 heteroatoms. The van der Waals surface area contributed by atoms with E-state index in [-0.39, 0.29) is 6.03 Å². The molecule has 1 aliphatic carbocycles. The van der Waals surface area contributed by atoms with Gasteiger partial charge >= 0.3 is 6.03 Å². The van der Waals surface area contributed by atoms with Gasteiger partial charge in [0.2, 0.25) is 0 Å². The van der Waals surface area contributed by atoms with E-state index >= 15 is 0 Å². The Hall–Kier alpha value is -1.16. The van der Waals surface area contributed by atoms with Crippen LogP contribution < -0.4 is 10.6 Å². The number of carbonyl (C=O) groups is 1. The number of hydrogen-bond donors (Lipinski definition) is 2. The molecule has 0 atom stereocenters. The van der Waals surface area contributed by atoms with Crippen LogP contribution >= 0.6 is 11.6 Å². The number of halogens is 1. The van der Waals surface area contributed by atoms with Crippen LogP contribution in [0.1, 0.15) is 31.4 Å². The Morgan fingerprint density at radius 3 is 2.81 bits per heavy atom. The van der Waals surface area contributed by atoms with Gasteiger partial charge in [-0.1, -0.05) is 12.8 Å². The van der Waals surface area contributed by atoms with Gasteiger partial charge in [-0.05, 0) is 36.6 Å². The lowest BCUT2D eigenvalue weighted by Gasteiger charge is -2.12. The highest BCUT2D eigenvalue weighted by atomic mass is 35.5. The predicted octanol–water partition coefficient (Wildman–Crippen LogP) is 2.67. The average Bonchev–Trinajstić information content (AvgIpc) is 2.87. The molecular formula is C11H15ClN2O2. The maximum atomic E-state index is 11.5. The Kier molecular flexibility index (Phi) is 3.72. The normalized spacial score (nSPS) is 16.3. The summed E-state index contributed by atoms with van der Waals surface area (Å²) in [6.45, 7) is 0.366. The maximum absolute atomic E-state index is 11.5. The van der Waals surface area contributed by atoms with Crippen LogP contribution in [-0.2, 0) is 6.54 Å². The van der Waals surface area contributed by atoms with Gasteiger partial charge in [-0.15, -0.1) is 0 Å². The van der Waals surface area contributed by atoms with Crippen molar-refractivity contribution in [1.29, 1.82) is 0 Å². The fraction of sp³-hybridized carbons (Fsp3) is 0.545. The minimum absolute atomic E-state index is 0.139. The van der Waals surface area contributed by atoms with Crippen LogP contribution in [0.4, 0.5) is 4.79 Å². The Labute approximate surface area is 99.3 Å². The number of amides is 2. The molecule has 1 aromatic rings. The SMILES string of the molecule is O=C(NCc1ccc(Cl)o1)NC1CCCC1. The third kappa shape index (κ3) is 3.17. The van der Waals surface area contributed by atoms with Crippen molar-refractivity contribution in [2.45, 2.75) is 38.3 Å². The van der Waals surface area contributed by atoms with Crippen LogP contribution in [-0.4, -0.2) is 12.1 Å². The van der Waals surface area contributed by atoms with Gasteiger partial charge in [-0.3, -0.25) is 0 Å². The zero-order valence-electron chi connectivity index (χ0n) is 8.96. The summed E-state index contributed by atoms with van der Waals surface area (Å²) in [5, 5.41) is 6.01. The molecule has 0 saturated heterocycles. The van der Waals surface area contributed by atoms with Gasteiger partial charge in [0.1, 0.15) is 5.76 Å². The average molecular weight is 243 g/mol. The molecule has 1 fully saturated rings. The summed E-state index contributed by atoms with van der Waals surface area (Å²) in [4.78, 5) is 11.5. The first-order valence-corrected chi connectivity index (χ1v) is 5.90. The van der Waals surface area contributed by atoms with E-state index in [4.69, 9.17) is 16.0 Å². The van der Waals surface area contributed by atoms with E-state index in [1.54, 1.807) is 12.1 Å². The number of furan rings is 1. The third-order valence-electron chi connectivity index (χ3n) is 2.74. The van der Waals surface area contributed by atoms with E-state index in [0.717, 1.165) is 12.8 Å². The molecule has 16 heavy (non-hydrogen) atoms. The Balaban J connectivity index is 1.71. The van der Waals surface area contributed by atoms with E-state index in [2.05, 4.69) is 10.6 Å². The zero-order chi connectivity index (χ0) is 11.4. The van der Waals surface area contributed by atoms with Crippen molar-refractivity contribution in [3.63, 3.8) is 0 Å². The fourth-order valence-electron chi connectivity index (χ4n) is 1.92. The lowest BCUT2D eigenvalue weighted by molar-refractivity contribution is 0.235. The Morgan fingerprint density at radius 1 is 1.44 bits per heavy atom. The summed E-state index contributed by atoms with van der Waals surface area (Å²) in [6, 6.07) is 3.60. The summed E-state index contributed by atoms with van der Waals surface area (Å²) in [7, 11) is 0. The molecule has 1 aliphatic rings. The van der Waals surface area contributed by atoms with Crippen LogP contribution in [0.2, 0.25) is 5.22 Å². The summed E-state index contributed by atoms with van der Waals surface area (Å²) in [5.74, 6) is 0.659. The molecule has 1 aromatic heterocycles. The third-order valence-corrected chi connectivity index (χ3v) is 2.95. The number of carbonyl (C=O) groups excluding carboxylic acids is 1. The van der Waals surface area contributed by atoms with Gasteiger partial charge in [0.05, 0.1) is 6.54 Å². The number of urea groups is 1. The molecular weight excluding hydrogens is 228 g/mol. The molecule has 0 aliphatic heterocycles. The van der Waals surface area contributed by atoms with Crippen molar-refractivity contribution >= 4 is 17.6 Å². The van der Waals surface area contributed by atoms with Crippen molar-refractivity contribution in [2.75, 3.05) is 0 Å². The Morgan fingerprint density at radius 2 is 2.19 bits per heavy atom. The highest BCUT2D eigenvalue weighted by Crippen LogP contribution is 2.17. The van der Waals surface area contributed by atoms with Crippen LogP contribution in [0.5, 0.6) is 0 Å². The molecule has 0 unspecified atom stereocenters. The van der Waals surface area contributed by atoms with E-state index in [9.17, 15) is 4.79 Å². The first-order chi connectivity index (χ1) is 7.74. The van der Waals surface area contributed by atoms with Crippen molar-refractivity contribution in [2.24, 2.45) is 0 Å². The molecule has 2 amide bonds. The molecule has 0 bridgehead atoms. The predicted molar refractivity (Wildman–Crippen MR) is 61.3 cm³/mol. The maximum Gasteiger partial charge on any atom is 0.315 e. The fourth-order valence-corrected chi connectivity index (χ4v) is 2.08. The van der Waals surface area contributed by atoms with Gasteiger partial charge in [-0.2, -0.15) is 0 Å². The van der Waals surface area contributed by atoms with Gasteiger partial charge in [-0.25, -0.2) is 4.79 Å². The zero-order valence-corrected chi connectivity index (χ0v) is 9.72. The molecule has 88 valence electrons. The van der Waals surface area contributed by atoms with Crippen LogP contribution in [0.3, 0.4) is 0 Å². The molecule has 0 spiro atoms. The monoisotopic (exact) mass is 242 g/mol. The topological polar surface area (TPSA) is 54.3 Å². The van der Waals surface area contributed by atoms with E-state index in [1.807, 2.05) is 0 Å². The lowest BCUT2D eigenvalue weighted by atomic mass is 10.2. The molecule has 1 heterocycles. The number of hydrogen-bond acceptors (Lipinski definition) is 2. The van der Waals surface area contributed by atoms with E-state index < -0.39 is 0 Å². The molecule has 2 rings (SSSR count). The number of nitrogens with one attached hydrogen (secondary N) is 2. The van der Waals surface area contributed by atoms with Crippen LogP contribution in [0, 0.1) is 0 Å². The second-order valence-corrected chi connectivity index (χ2v) is 4.39. The van der Waals surface area contributed by atoms with Gasteiger partial charge in [0, 0.05) is 6.04 Å². The minimum atomic E-state index is -0.139. The molecule has 1 saturated carbocycles. The first kappa shape index (κ1) is 11.3. The molecule has 0 aromatic carbocycles. The summed E-state index contributed by atoms with van der Waals surface area (Å²) in [6.07, 6.45) is 4.58. The molecule has 4 nitrogen and oxygen atoms in total. The van der Waals surface area contributed by atoms with Crippen LogP contribution in [0.25, 0.3) is 0 Å². The van der Waals surface area contributed by atoms with Gasteiger partial charge in [0.25, 0.3) is 0 Å². The summed E-state index contributed by atoms with van der Waals surface area (Å²) >= 11 is 5.62. The lowest BCUT2D eigenvalue weighted by Crippen LogP contribution is -2.40. The highest BCUT2D eigenvalue weighted by Gasteiger charge is 2.16. The van der Waals surface area contributed by atoms with E-state index in [1.165, 1.54) is 12.8 Å². The van der Waals surface area contributed by atoms with Crippen molar-refractivity contribution in [1.82, 2.24) is 10.6 Å². The van der Waals surface area contributed by atoms with E-state index in [0.29, 0.717) is 23.6 Å². The first-order valence-electron chi connectivity index (χ1n) is 5.52. The largest absolute Gasteiger partial charge is 0.448 e. The standard InChI is InChI=1S/C11H15ClN2O2/c12-10-6-5-9(16-10)7-13-11(15)14-8-3-1-2-4-8/h5-6,8H,1-4,7H2,(H2,13,14,15). The van der Waals surface area contributed by atoms with Crippen LogP contribution in [0.15, 0.2) is 16.5 Å². The Bertz CT molecular complexity index is 359. The molecule has 2 N–H and O–H groups in total. The van der Waals surface area contributed by atoms with Gasteiger partial charge < -0.3 is 15.1 Å². The van der Waals surface area contributed by atoms with Gasteiger partial charge in [0.15, 0.2) is 5.22 Å². The summed E-state index contributed by atoms with van der Waals surface area (Å²) < 4.78 is 5.13.